The number of fused-ring (bicyclic) bond motifs is 1. The summed E-state index contributed by atoms with van der Waals surface area (Å²) < 4.78 is 0. The predicted molar refractivity (Wildman–Crippen MR) is 128 cm³/mol. The van der Waals surface area contributed by atoms with Gasteiger partial charge in [0.05, 0.1) is 0 Å². The SMILES string of the molecule is CC1=[C-]C(C)C(C)=C1C.Cc1ccc(-c2c[cH-]c3ccccc23)cc1.[CH3-].[CH3-].[Si]=[Zr]. The van der Waals surface area contributed by atoms with Crippen LogP contribution >= 0.6 is 0 Å². The van der Waals surface area contributed by atoms with Gasteiger partial charge in [-0.1, -0.05) is 68.1 Å². The molecule has 0 aliphatic heterocycles. The monoisotopic (exact) mass is 474 g/mol. The van der Waals surface area contributed by atoms with Crippen LogP contribution in [0.4, 0.5) is 0 Å². The van der Waals surface area contributed by atoms with Gasteiger partial charge in [0.1, 0.15) is 0 Å². The Bertz CT molecular complexity index is 958. The molecule has 1 unspecified atom stereocenters. The third kappa shape index (κ3) is 6.83. The van der Waals surface area contributed by atoms with E-state index < -0.39 is 0 Å². The van der Waals surface area contributed by atoms with E-state index in [0.29, 0.717) is 5.92 Å². The standard InChI is InChI=1S/C16H13.C9H13.2CH3.Si.Zr/c1-12-6-8-14(9-7-12)16-11-10-13-4-2-3-5-15(13)16;1-6-5-7(2)9(4)8(6)3;;;;/h2-11H,1H3;6H,1-4H3;2*1H3;;/q4*-1;;. The van der Waals surface area contributed by atoms with Gasteiger partial charge in [-0.05, 0) is 6.92 Å². The number of rotatable bonds is 1. The first kappa shape index (κ1) is 27.6. The summed E-state index contributed by atoms with van der Waals surface area (Å²) in [6.45, 7) is 13.8. The van der Waals surface area contributed by atoms with Crippen LogP contribution in [0.1, 0.15) is 33.3 Å². The molecule has 1 aliphatic rings. The molecular formula is C27H32SiZr-4. The summed E-state index contributed by atoms with van der Waals surface area (Å²) in [5.74, 6) is 0.560. The third-order valence-corrected chi connectivity index (χ3v) is 5.28. The molecule has 4 rings (SSSR count). The molecule has 1 atom stereocenters. The maximum absolute atomic E-state index is 3.36. The van der Waals surface area contributed by atoms with Crippen molar-refractivity contribution in [2.75, 3.05) is 0 Å². The Morgan fingerprint density at radius 1 is 0.897 bits per heavy atom. The summed E-state index contributed by atoms with van der Waals surface area (Å²) in [6, 6.07) is 21.6. The fourth-order valence-electron chi connectivity index (χ4n) is 3.30. The second-order valence-electron chi connectivity index (χ2n) is 7.00. The van der Waals surface area contributed by atoms with E-state index in [9.17, 15) is 0 Å². The Kier molecular flexibility index (Phi) is 12.4. The van der Waals surface area contributed by atoms with Crippen LogP contribution in [-0.2, 0) is 23.3 Å². The van der Waals surface area contributed by atoms with Gasteiger partial charge in [0.2, 0.25) is 0 Å². The second-order valence-corrected chi connectivity index (χ2v) is 7.00. The van der Waals surface area contributed by atoms with Crippen molar-refractivity contribution in [3.63, 3.8) is 0 Å². The van der Waals surface area contributed by atoms with Crippen molar-refractivity contribution in [3.8, 4) is 11.1 Å². The van der Waals surface area contributed by atoms with E-state index in [1.165, 1.54) is 67.5 Å². The zero-order valence-corrected chi connectivity index (χ0v) is 22.3. The van der Waals surface area contributed by atoms with Crippen LogP contribution in [0.25, 0.3) is 21.9 Å². The zero-order valence-electron chi connectivity index (χ0n) is 18.9. The molecule has 0 bridgehead atoms. The number of hydrogen-bond acceptors (Lipinski definition) is 0. The Morgan fingerprint density at radius 3 is 1.97 bits per heavy atom. The average Bonchev–Trinajstić information content (AvgIpc) is 3.22. The van der Waals surface area contributed by atoms with Gasteiger partial charge in [0.15, 0.2) is 0 Å². The van der Waals surface area contributed by atoms with Crippen molar-refractivity contribution in [2.45, 2.75) is 34.6 Å². The molecular weight excluding hydrogens is 444 g/mol. The maximum atomic E-state index is 3.36. The predicted octanol–water partition coefficient (Wildman–Crippen LogP) is 7.77. The molecule has 0 spiro atoms. The van der Waals surface area contributed by atoms with Gasteiger partial charge in [-0.25, -0.2) is 5.57 Å². The summed E-state index contributed by atoms with van der Waals surface area (Å²) in [7, 11) is 0. The molecule has 0 saturated carbocycles. The van der Waals surface area contributed by atoms with Crippen LogP contribution in [0.3, 0.4) is 0 Å². The van der Waals surface area contributed by atoms with Crippen molar-refractivity contribution in [1.82, 2.24) is 0 Å². The first-order valence-electron chi connectivity index (χ1n) is 9.21. The van der Waals surface area contributed by atoms with Crippen molar-refractivity contribution < 1.29 is 23.3 Å². The molecule has 0 fully saturated rings. The van der Waals surface area contributed by atoms with E-state index in [1.54, 1.807) is 0 Å². The van der Waals surface area contributed by atoms with Gasteiger partial charge in [-0.15, -0.1) is 53.6 Å². The van der Waals surface area contributed by atoms with Crippen molar-refractivity contribution >= 4 is 17.7 Å². The van der Waals surface area contributed by atoms with E-state index >= 15 is 0 Å². The summed E-state index contributed by atoms with van der Waals surface area (Å²) in [4.78, 5) is 0. The molecule has 3 aromatic rings. The topological polar surface area (TPSA) is 0 Å². The van der Waals surface area contributed by atoms with Crippen LogP contribution < -0.4 is 0 Å². The Morgan fingerprint density at radius 2 is 1.48 bits per heavy atom. The fraction of sp³-hybridized carbons (Fsp3) is 0.222. The van der Waals surface area contributed by atoms with E-state index in [0.717, 1.165) is 0 Å². The number of allylic oxidation sites excluding steroid dienone is 4. The Hall–Kier alpha value is -1.37. The molecule has 0 saturated heterocycles. The van der Waals surface area contributed by atoms with Gasteiger partial charge in [0, 0.05) is 0 Å². The van der Waals surface area contributed by atoms with Crippen molar-refractivity contribution in [2.24, 2.45) is 5.92 Å². The molecule has 1 aliphatic carbocycles. The first-order chi connectivity index (χ1) is 13.0. The number of benzene rings is 2. The van der Waals surface area contributed by atoms with Crippen LogP contribution in [0.5, 0.6) is 0 Å². The molecule has 0 aromatic heterocycles. The molecule has 2 radical (unpaired) electrons. The van der Waals surface area contributed by atoms with Gasteiger partial charge in [-0.2, -0.15) is 11.1 Å². The number of aryl methyl sites for hydroxylation is 1. The number of hydrogen-bond donors (Lipinski definition) is 0. The second kappa shape index (κ2) is 13.0. The molecule has 29 heavy (non-hydrogen) atoms. The van der Waals surface area contributed by atoms with Crippen LogP contribution in [0, 0.1) is 33.8 Å². The Balaban J connectivity index is 0.000000524. The minimum atomic E-state index is 0. The van der Waals surface area contributed by atoms with Gasteiger partial charge >= 0.3 is 30.2 Å². The fourth-order valence-corrected chi connectivity index (χ4v) is 3.30. The molecule has 3 aromatic carbocycles. The summed E-state index contributed by atoms with van der Waals surface area (Å²) in [5, 5.41) is 2.66. The first-order valence-corrected chi connectivity index (χ1v) is 13.4. The third-order valence-electron chi connectivity index (χ3n) is 5.28. The van der Waals surface area contributed by atoms with E-state index in [4.69, 9.17) is 0 Å². The van der Waals surface area contributed by atoms with E-state index in [2.05, 4.69) is 108 Å². The van der Waals surface area contributed by atoms with Gasteiger partial charge in [0.25, 0.3) is 0 Å². The van der Waals surface area contributed by atoms with Crippen molar-refractivity contribution in [3.05, 3.63) is 104 Å². The van der Waals surface area contributed by atoms with E-state index in [-0.39, 0.29) is 14.9 Å². The quantitative estimate of drug-likeness (QED) is 0.249. The van der Waals surface area contributed by atoms with E-state index in [1.807, 2.05) is 0 Å². The summed E-state index contributed by atoms with van der Waals surface area (Å²) in [5.41, 5.74) is 8.18. The van der Waals surface area contributed by atoms with Gasteiger partial charge in [-0.3, -0.25) is 6.08 Å². The van der Waals surface area contributed by atoms with Crippen LogP contribution in [0.15, 0.2) is 77.4 Å². The Labute approximate surface area is 195 Å². The van der Waals surface area contributed by atoms with Gasteiger partial charge < -0.3 is 14.9 Å². The molecule has 152 valence electrons. The van der Waals surface area contributed by atoms with Crippen LogP contribution in [0.2, 0.25) is 0 Å². The molecule has 0 heterocycles. The molecule has 0 N–H and O–H groups in total. The van der Waals surface area contributed by atoms with Crippen molar-refractivity contribution in [1.29, 1.82) is 0 Å². The molecule has 0 amide bonds. The molecule has 0 nitrogen and oxygen atoms in total. The zero-order chi connectivity index (χ0) is 20.0. The summed E-state index contributed by atoms with van der Waals surface area (Å²) >= 11 is 1.36. The summed E-state index contributed by atoms with van der Waals surface area (Å²) in [6.07, 6.45) is 3.36. The van der Waals surface area contributed by atoms with Crippen LogP contribution in [-0.4, -0.2) is 6.88 Å². The minimum absolute atomic E-state index is 0. The average molecular weight is 476 g/mol. The normalized spacial score (nSPS) is 14.5. The molecule has 2 heteroatoms.